The van der Waals surface area contributed by atoms with Crippen LogP contribution in [0.25, 0.3) is 0 Å². The van der Waals surface area contributed by atoms with E-state index in [9.17, 15) is 19.8 Å². The number of amides is 2. The Morgan fingerprint density at radius 3 is 1.23 bits per heavy atom. The fourth-order valence-corrected chi connectivity index (χ4v) is 7.61. The maximum Gasteiger partial charge on any atom is 0.407 e. The Labute approximate surface area is 245 Å². The smallest absolute Gasteiger partial charge is 0.407 e. The van der Waals surface area contributed by atoms with Crippen LogP contribution >= 0.6 is 0 Å². The highest BCUT2D eigenvalue weighted by Gasteiger charge is 2.50. The summed E-state index contributed by atoms with van der Waals surface area (Å²) in [5.41, 5.74) is -0.364. The topological polar surface area (TPSA) is 105 Å². The molecule has 0 aromatic heterocycles. The lowest BCUT2D eigenvalue weighted by Crippen LogP contribution is -2.69. The molecule has 4 N–H and O–H groups in total. The second-order valence-electron chi connectivity index (χ2n) is 14.1. The molecule has 234 valence electrons. The molecule has 2 rings (SSSR count). The van der Waals surface area contributed by atoms with Gasteiger partial charge in [-0.1, -0.05) is 54.4 Å². The van der Waals surface area contributed by atoms with E-state index in [0.717, 1.165) is 64.2 Å². The van der Waals surface area contributed by atoms with E-state index in [1.165, 1.54) is 0 Å². The van der Waals surface area contributed by atoms with E-state index in [0.29, 0.717) is 13.1 Å². The van der Waals surface area contributed by atoms with Gasteiger partial charge < -0.3 is 30.6 Å². The molecule has 2 saturated heterocycles. The molecule has 8 unspecified atom stereocenters. The van der Waals surface area contributed by atoms with Gasteiger partial charge in [0.05, 0.1) is 0 Å². The first-order valence-electron chi connectivity index (χ1n) is 16.1. The average molecular weight is 567 g/mol. The summed E-state index contributed by atoms with van der Waals surface area (Å²) in [7, 11) is 0. The fraction of sp³-hybridized carbons (Fsp3) is 0.938. The molecule has 0 spiro atoms. The normalized spacial score (nSPS) is 38.1. The molecule has 8 atom stereocenters. The van der Waals surface area contributed by atoms with E-state index in [4.69, 9.17) is 0 Å². The first kappa shape index (κ1) is 34.7. The molecule has 8 nitrogen and oxygen atoms in total. The van der Waals surface area contributed by atoms with E-state index in [1.807, 2.05) is 0 Å². The maximum atomic E-state index is 12.4. The van der Waals surface area contributed by atoms with Gasteiger partial charge in [-0.3, -0.25) is 0 Å². The van der Waals surface area contributed by atoms with E-state index in [1.54, 1.807) is 9.80 Å². The van der Waals surface area contributed by atoms with Crippen LogP contribution in [0.5, 0.6) is 0 Å². The van der Waals surface area contributed by atoms with E-state index in [2.05, 4.69) is 79.9 Å². The van der Waals surface area contributed by atoms with Gasteiger partial charge in [0.2, 0.25) is 0 Å². The summed E-state index contributed by atoms with van der Waals surface area (Å²) < 4.78 is 0. The Balaban J connectivity index is 1.99. The van der Waals surface area contributed by atoms with Crippen molar-refractivity contribution in [3.63, 3.8) is 0 Å². The number of rotatable bonds is 13. The Morgan fingerprint density at radius 2 is 0.975 bits per heavy atom. The number of carboxylic acid groups (broad SMARTS) is 2. The monoisotopic (exact) mass is 566 g/mol. The van der Waals surface area contributed by atoms with Gasteiger partial charge in [-0.05, 0) is 90.9 Å². The Bertz CT molecular complexity index is 789. The predicted molar refractivity (Wildman–Crippen MR) is 164 cm³/mol. The summed E-state index contributed by atoms with van der Waals surface area (Å²) in [5, 5.41) is 28.1. The second-order valence-corrected chi connectivity index (χ2v) is 14.1. The summed E-state index contributed by atoms with van der Waals surface area (Å²) in [6, 6.07) is -0.0309. The molecule has 0 radical (unpaired) electrons. The third-order valence-corrected chi connectivity index (χ3v) is 11.5. The zero-order valence-corrected chi connectivity index (χ0v) is 27.4. The molecule has 0 aromatic carbocycles. The molecule has 0 saturated carbocycles. The third kappa shape index (κ3) is 7.64. The van der Waals surface area contributed by atoms with Crippen LogP contribution in [0.2, 0.25) is 0 Å². The lowest BCUT2D eigenvalue weighted by molar-refractivity contribution is 0.00203. The van der Waals surface area contributed by atoms with Crippen molar-refractivity contribution in [1.82, 2.24) is 20.4 Å². The second kappa shape index (κ2) is 13.6. The van der Waals surface area contributed by atoms with E-state index >= 15 is 0 Å². The van der Waals surface area contributed by atoms with Crippen molar-refractivity contribution < 1.29 is 19.8 Å². The third-order valence-electron chi connectivity index (χ3n) is 11.5. The van der Waals surface area contributed by atoms with Crippen LogP contribution in [0.1, 0.15) is 133 Å². The summed E-state index contributed by atoms with van der Waals surface area (Å²) in [4.78, 5) is 28.2. The molecule has 8 heteroatoms. The van der Waals surface area contributed by atoms with Crippen LogP contribution in [0, 0.1) is 11.8 Å². The molecular formula is C32H62N4O4. The number of hydrogen-bond donors (Lipinski definition) is 4. The lowest BCUT2D eigenvalue weighted by atomic mass is 9.68. The van der Waals surface area contributed by atoms with Crippen molar-refractivity contribution in [1.29, 1.82) is 0 Å². The van der Waals surface area contributed by atoms with Crippen molar-refractivity contribution in [3.05, 3.63) is 0 Å². The van der Waals surface area contributed by atoms with Crippen molar-refractivity contribution in [2.24, 2.45) is 11.8 Å². The van der Waals surface area contributed by atoms with Gasteiger partial charge in [-0.2, -0.15) is 0 Å². The first-order valence-corrected chi connectivity index (χ1v) is 16.1. The van der Waals surface area contributed by atoms with Gasteiger partial charge in [0.1, 0.15) is 0 Å². The minimum absolute atomic E-state index is 0.0155. The summed E-state index contributed by atoms with van der Waals surface area (Å²) in [6.07, 6.45) is 7.21. The predicted octanol–water partition coefficient (Wildman–Crippen LogP) is 7.18. The van der Waals surface area contributed by atoms with Gasteiger partial charge in [0.25, 0.3) is 0 Å². The summed E-state index contributed by atoms with van der Waals surface area (Å²) in [5.74, 6) is 0.430. The molecule has 0 aliphatic carbocycles. The molecule has 40 heavy (non-hydrogen) atoms. The number of piperidine rings is 2. The largest absolute Gasteiger partial charge is 0.465 e. The maximum absolute atomic E-state index is 12.4. The Morgan fingerprint density at radius 1 is 0.650 bits per heavy atom. The molecule has 0 aromatic rings. The zero-order chi connectivity index (χ0) is 30.5. The van der Waals surface area contributed by atoms with Gasteiger partial charge in [-0.25, -0.2) is 9.59 Å². The molecule has 2 fully saturated rings. The highest BCUT2D eigenvalue weighted by atomic mass is 16.4. The van der Waals surface area contributed by atoms with Crippen LogP contribution in [0.4, 0.5) is 9.59 Å². The van der Waals surface area contributed by atoms with Crippen LogP contribution in [-0.2, 0) is 0 Å². The summed E-state index contributed by atoms with van der Waals surface area (Å²) in [6.45, 7) is 23.1. The van der Waals surface area contributed by atoms with Crippen molar-refractivity contribution in [2.75, 3.05) is 13.1 Å². The van der Waals surface area contributed by atoms with E-state index in [-0.39, 0.29) is 46.1 Å². The number of carbonyl (C=O) groups is 2. The quantitative estimate of drug-likeness (QED) is 0.176. The molecule has 2 aliphatic heterocycles. The standard InChI is InChI=1S/C32H62N4O4/c1-11-29(7)21-25(23(5)31(9,13-3)33-29)35(27(37)38)19-17-15-16-18-20-36(28(39)40)26-22-30(8,12-2)34-32(10,14-4)24(26)6/h23-26,33-34H,11-22H2,1-10H3,(H,37,38)(H,39,40). The van der Waals surface area contributed by atoms with Crippen LogP contribution in [0.3, 0.4) is 0 Å². The van der Waals surface area contributed by atoms with Gasteiger partial charge in [0, 0.05) is 47.3 Å². The fourth-order valence-electron chi connectivity index (χ4n) is 7.61. The lowest BCUT2D eigenvalue weighted by Gasteiger charge is -2.55. The molecule has 0 bridgehead atoms. The van der Waals surface area contributed by atoms with Crippen LogP contribution < -0.4 is 10.6 Å². The highest BCUT2D eigenvalue weighted by Crippen LogP contribution is 2.41. The minimum atomic E-state index is -0.828. The highest BCUT2D eigenvalue weighted by molar-refractivity contribution is 5.66. The Hall–Kier alpha value is -1.54. The van der Waals surface area contributed by atoms with Crippen LogP contribution in [-0.4, -0.2) is 79.5 Å². The number of hydrogen-bond acceptors (Lipinski definition) is 4. The van der Waals surface area contributed by atoms with Crippen LogP contribution in [0.15, 0.2) is 0 Å². The van der Waals surface area contributed by atoms with Gasteiger partial charge in [0.15, 0.2) is 0 Å². The number of unbranched alkanes of at least 4 members (excludes halogenated alkanes) is 3. The Kier molecular flexibility index (Phi) is 11.8. The van der Waals surface area contributed by atoms with E-state index < -0.39 is 12.2 Å². The van der Waals surface area contributed by atoms with Crippen molar-refractivity contribution in [3.8, 4) is 0 Å². The number of nitrogens with one attached hydrogen (secondary N) is 2. The van der Waals surface area contributed by atoms with Crippen molar-refractivity contribution in [2.45, 2.75) is 168 Å². The molecular weight excluding hydrogens is 504 g/mol. The van der Waals surface area contributed by atoms with Gasteiger partial charge in [-0.15, -0.1) is 0 Å². The molecule has 2 heterocycles. The molecule has 2 amide bonds. The SMILES string of the molecule is CCC1(C)CC(N(CCCCCCN(C(=O)O)C2CC(C)(CC)NC(C)(CC)C2C)C(=O)O)C(C)C(C)(CC)N1. The average Bonchev–Trinajstić information content (AvgIpc) is 2.90. The van der Waals surface area contributed by atoms with Crippen molar-refractivity contribution >= 4 is 12.2 Å². The number of nitrogens with zero attached hydrogens (tertiary/aromatic N) is 2. The minimum Gasteiger partial charge on any atom is -0.465 e. The first-order chi connectivity index (χ1) is 18.5. The van der Waals surface area contributed by atoms with Gasteiger partial charge >= 0.3 is 12.2 Å². The zero-order valence-electron chi connectivity index (χ0n) is 27.4. The molecule has 2 aliphatic rings. The summed E-state index contributed by atoms with van der Waals surface area (Å²) >= 11 is 0.